The summed E-state index contributed by atoms with van der Waals surface area (Å²) in [6, 6.07) is 0.855. The average molecular weight is 1200 g/mol. The third kappa shape index (κ3) is 26.0. The van der Waals surface area contributed by atoms with Gasteiger partial charge in [0.05, 0.1) is 157 Å². The molecule has 3 fully saturated rings. The first-order valence-electron chi connectivity index (χ1n) is 25.1. The molecule has 0 amide bonds. The molecule has 2 atom stereocenters. The van der Waals surface area contributed by atoms with Gasteiger partial charge >= 0.3 is 5.97 Å². The summed E-state index contributed by atoms with van der Waals surface area (Å²) in [6.07, 6.45) is 9.66. The fourth-order valence-corrected chi connectivity index (χ4v) is 8.38. The summed E-state index contributed by atoms with van der Waals surface area (Å²) in [5.41, 5.74) is 2.13. The second-order valence-corrected chi connectivity index (χ2v) is 18.7. The summed E-state index contributed by atoms with van der Waals surface area (Å²) < 4.78 is 109. The van der Waals surface area contributed by atoms with E-state index in [1.807, 2.05) is 6.20 Å². The van der Waals surface area contributed by atoms with E-state index >= 15 is 0 Å². The van der Waals surface area contributed by atoms with E-state index in [-0.39, 0.29) is 77.6 Å². The van der Waals surface area contributed by atoms with Crippen molar-refractivity contribution in [3.63, 3.8) is 0 Å². The number of nitrogens with zero attached hydrogens (tertiary/aromatic N) is 7. The Morgan fingerprint density at radius 1 is 0.816 bits per heavy atom. The standard InChI is InChI=1S/C36H55F3N4O11.C11H18ClN4O4P.Y/c37-29-23-32(38)35(33(39)24-29)54-34(44)3-7-45-9-11-47-13-14-48-12-10-46-8-6-43-25-30(41-42-43)26-52-20-19-50-16-15-49-17-18-51-21-22-53-31-1-4-36(5-2-31)27-40-28-36;1-13-4-8-5-14-16(11(8)15-12)10-3-2-9(20-10)6-19-7-21(17)18;/h23-25,31,40H,1-22,26-28H2;5,9-10,17-18H,2-4,6-7H2,1H3;/q;-2;. The normalized spacial score (nSPS) is 17.2. The zero-order valence-corrected chi connectivity index (χ0v) is 47.6. The number of ether oxygens (including phenoxy) is 12. The van der Waals surface area contributed by atoms with Crippen LogP contribution in [0.1, 0.15) is 62.4 Å². The van der Waals surface area contributed by atoms with Crippen molar-refractivity contribution < 1.29 is 117 Å². The van der Waals surface area contributed by atoms with Crippen LogP contribution in [-0.4, -0.2) is 192 Å². The van der Waals surface area contributed by atoms with E-state index in [9.17, 15) is 18.0 Å². The summed E-state index contributed by atoms with van der Waals surface area (Å²) in [6.45, 7) is 10.6. The first-order valence-corrected chi connectivity index (χ1v) is 26.9. The predicted molar refractivity (Wildman–Crippen MR) is 265 cm³/mol. The molecule has 2 aliphatic heterocycles. The van der Waals surface area contributed by atoms with Crippen molar-refractivity contribution in [3.05, 3.63) is 63.4 Å². The van der Waals surface area contributed by atoms with Crippen molar-refractivity contribution in [3.8, 4) is 5.75 Å². The molecule has 3 aromatic rings. The van der Waals surface area contributed by atoms with Crippen molar-refractivity contribution >= 4 is 31.9 Å². The molecule has 2 saturated heterocycles. The first-order chi connectivity index (χ1) is 36.6. The number of hydrogen-bond donors (Lipinski definition) is 3. The number of rotatable bonds is 39. The molecule has 1 radical (unpaired) electrons. The van der Waals surface area contributed by atoms with E-state index in [1.54, 1.807) is 22.6 Å². The van der Waals surface area contributed by atoms with Gasteiger partial charge < -0.3 is 86.8 Å². The molecule has 6 rings (SSSR count). The van der Waals surface area contributed by atoms with Gasteiger partial charge in [-0.3, -0.25) is 9.89 Å². The van der Waals surface area contributed by atoms with Crippen molar-refractivity contribution in [2.45, 2.75) is 83.1 Å². The van der Waals surface area contributed by atoms with Gasteiger partial charge in [0.1, 0.15) is 17.9 Å². The Morgan fingerprint density at radius 3 is 1.96 bits per heavy atom. The van der Waals surface area contributed by atoms with Gasteiger partial charge in [0, 0.05) is 64.1 Å². The molecular weight excluding hydrogens is 1130 g/mol. The van der Waals surface area contributed by atoms with E-state index in [4.69, 9.17) is 73.7 Å². The summed E-state index contributed by atoms with van der Waals surface area (Å²) >= 11 is 5.64. The minimum absolute atomic E-state index is 0. The number of carbonyl (C=O) groups excluding carboxylic acids is 1. The molecule has 76 heavy (non-hydrogen) atoms. The molecule has 3 N–H and O–H groups in total. The van der Waals surface area contributed by atoms with Gasteiger partial charge in [0.25, 0.3) is 0 Å². The first kappa shape index (κ1) is 66.4. The molecule has 1 spiro atoms. The molecule has 4 heterocycles. The molecule has 3 aliphatic rings. The van der Waals surface area contributed by atoms with Crippen molar-refractivity contribution in [1.82, 2.24) is 30.1 Å². The minimum Gasteiger partial charge on any atom is -0.661 e. The van der Waals surface area contributed by atoms with E-state index in [0.717, 1.165) is 31.2 Å². The number of hydrogen-bond acceptors (Lipinski definition) is 19. The molecule has 1 aliphatic carbocycles. The van der Waals surface area contributed by atoms with Gasteiger partial charge in [0.2, 0.25) is 5.75 Å². The van der Waals surface area contributed by atoms with Crippen LogP contribution in [0.15, 0.2) is 24.5 Å². The van der Waals surface area contributed by atoms with Gasteiger partial charge in [-0.1, -0.05) is 5.21 Å². The topological polar surface area (TPSA) is 257 Å². The predicted octanol–water partition coefficient (Wildman–Crippen LogP) is 5.36. The molecule has 29 heteroatoms. The third-order valence-electron chi connectivity index (χ3n) is 11.9. The second kappa shape index (κ2) is 39.3. The Balaban J connectivity index is 0.000000473. The fraction of sp³-hybridized carbons (Fsp3) is 0.745. The maximum atomic E-state index is 13.5. The van der Waals surface area contributed by atoms with Crippen molar-refractivity contribution in [1.29, 1.82) is 0 Å². The Kier molecular flexibility index (Phi) is 34.3. The fourth-order valence-electron chi connectivity index (χ4n) is 7.93. The maximum absolute atomic E-state index is 13.5. The zero-order chi connectivity index (χ0) is 53.4. The number of halogens is 4. The van der Waals surface area contributed by atoms with E-state index in [1.165, 1.54) is 25.9 Å². The average Bonchev–Trinajstić information content (AvgIpc) is 4.15. The van der Waals surface area contributed by atoms with Crippen LogP contribution >= 0.6 is 20.2 Å². The van der Waals surface area contributed by atoms with Crippen LogP contribution in [0.2, 0.25) is 0 Å². The maximum Gasteiger partial charge on any atom is 0.313 e. The minimum atomic E-state index is -2.02. The molecule has 2 aromatic heterocycles. The van der Waals surface area contributed by atoms with Gasteiger partial charge in [-0.2, -0.15) is 7.05 Å². The number of nitrogens with one attached hydrogen (secondary N) is 1. The smallest absolute Gasteiger partial charge is 0.313 e. The van der Waals surface area contributed by atoms with E-state index in [0.29, 0.717) is 147 Å². The summed E-state index contributed by atoms with van der Waals surface area (Å²) in [4.78, 5) is 33.0. The van der Waals surface area contributed by atoms with Gasteiger partial charge in [-0.15, -0.1) is 23.4 Å². The molecule has 1 saturated carbocycles. The second-order valence-electron chi connectivity index (χ2n) is 17.6. The molecular formula is C47H73ClF3N8O15PY-2. The number of esters is 1. The monoisotopic (exact) mass is 1200 g/mol. The largest absolute Gasteiger partial charge is 0.661 e. The van der Waals surface area contributed by atoms with Gasteiger partial charge in [0.15, 0.2) is 20.0 Å². The molecule has 1 aromatic carbocycles. The SMILES string of the molecule is C[N-]Cc1cnn(C2CCC(COCP(O)O)O2)c1[N-]Cl.O=C(CCOCCOCCOCCOCCn1cc(COCCOCCOCCOCCOC2CCC3(CC2)CNC3)nn1)Oc1c(F)cc(F)cc1F.[Y]. The summed E-state index contributed by atoms with van der Waals surface area (Å²) in [5.74, 6) is -5.00. The van der Waals surface area contributed by atoms with Crippen molar-refractivity contribution in [2.75, 3.05) is 139 Å². The Labute approximate surface area is 473 Å². The van der Waals surface area contributed by atoms with E-state index in [2.05, 4.69) is 35.6 Å². The van der Waals surface area contributed by atoms with Crippen LogP contribution in [0.4, 0.5) is 19.0 Å². The van der Waals surface area contributed by atoms with Crippen LogP contribution in [0, 0.1) is 22.9 Å². The zero-order valence-electron chi connectivity index (χ0n) is 43.1. The van der Waals surface area contributed by atoms with Crippen LogP contribution < -0.4 is 10.1 Å². The van der Waals surface area contributed by atoms with E-state index < -0.39 is 37.5 Å². The Morgan fingerprint density at radius 2 is 1.39 bits per heavy atom. The molecule has 429 valence electrons. The number of benzene rings is 1. The van der Waals surface area contributed by atoms with Gasteiger partial charge in [-0.05, 0) is 55.3 Å². The number of aromatic nitrogens is 5. The van der Waals surface area contributed by atoms with Crippen LogP contribution in [-0.2, 0) is 109 Å². The van der Waals surface area contributed by atoms with Crippen molar-refractivity contribution in [2.24, 2.45) is 5.41 Å². The Hall–Kier alpha value is -2.15. The third-order valence-corrected chi connectivity index (χ3v) is 12.4. The summed E-state index contributed by atoms with van der Waals surface area (Å²) in [5, 5.41) is 19.9. The van der Waals surface area contributed by atoms with Crippen LogP contribution in [0.3, 0.4) is 0 Å². The molecule has 23 nitrogen and oxygen atoms in total. The summed E-state index contributed by atoms with van der Waals surface area (Å²) in [7, 11) is -0.308. The quantitative estimate of drug-likeness (QED) is 0.0281. The van der Waals surface area contributed by atoms with Crippen LogP contribution in [0.25, 0.3) is 10.2 Å². The Bertz CT molecular complexity index is 1990. The molecule has 2 unspecified atom stereocenters. The molecule has 0 bridgehead atoms. The van der Waals surface area contributed by atoms with Gasteiger partial charge in [-0.25, -0.2) is 17.9 Å². The van der Waals surface area contributed by atoms with Crippen LogP contribution in [0.5, 0.6) is 5.75 Å². The number of carbonyl (C=O) groups is 1.